The Balaban J connectivity index is 1.53. The zero-order chi connectivity index (χ0) is 21.8. The second-order valence-electron chi connectivity index (χ2n) is 8.54. The van der Waals surface area contributed by atoms with E-state index in [1.54, 1.807) is 6.92 Å². The van der Waals surface area contributed by atoms with E-state index in [4.69, 9.17) is 14.2 Å². The van der Waals surface area contributed by atoms with Crippen molar-refractivity contribution in [1.82, 2.24) is 0 Å². The molecule has 164 valence electrons. The molecule has 2 unspecified atom stereocenters. The smallest absolute Gasteiger partial charge is 0.228 e. The quantitative estimate of drug-likeness (QED) is 0.688. The van der Waals surface area contributed by atoms with Gasteiger partial charge in [0.2, 0.25) is 5.72 Å². The summed E-state index contributed by atoms with van der Waals surface area (Å²) in [4.78, 5) is 4.59. The van der Waals surface area contributed by atoms with Gasteiger partial charge < -0.3 is 29.5 Å². The summed E-state index contributed by atoms with van der Waals surface area (Å²) >= 11 is 0. The molecule has 3 N–H and O–H groups in total. The maximum Gasteiger partial charge on any atom is 0.228 e. The van der Waals surface area contributed by atoms with Crippen LogP contribution in [0, 0.1) is 6.92 Å². The molecule has 7 nitrogen and oxygen atoms in total. The number of nitrogens with zero attached hydrogens (tertiary/aromatic N) is 1. The van der Waals surface area contributed by atoms with E-state index < -0.39 is 36.7 Å². The van der Waals surface area contributed by atoms with Crippen molar-refractivity contribution in [2.75, 3.05) is 13.2 Å². The van der Waals surface area contributed by atoms with Crippen molar-refractivity contribution < 1.29 is 29.5 Å². The second kappa shape index (κ2) is 7.60. The molecule has 3 aliphatic rings. The predicted molar refractivity (Wildman–Crippen MR) is 113 cm³/mol. The van der Waals surface area contributed by atoms with Crippen LogP contribution in [0.1, 0.15) is 34.7 Å². The van der Waals surface area contributed by atoms with Gasteiger partial charge in [-0.05, 0) is 41.7 Å². The molecule has 0 aromatic heterocycles. The van der Waals surface area contributed by atoms with Gasteiger partial charge in [-0.25, -0.2) is 4.99 Å². The van der Waals surface area contributed by atoms with Crippen LogP contribution in [0.2, 0.25) is 0 Å². The van der Waals surface area contributed by atoms with Crippen molar-refractivity contribution in [2.45, 2.75) is 56.8 Å². The number of ether oxygens (including phenoxy) is 3. The molecule has 0 aliphatic carbocycles. The average molecular weight is 425 g/mol. The number of aryl methyl sites for hydroxylation is 1. The Morgan fingerprint density at radius 2 is 1.94 bits per heavy atom. The van der Waals surface area contributed by atoms with Crippen LogP contribution in [-0.2, 0) is 28.0 Å². The van der Waals surface area contributed by atoms with Gasteiger partial charge in [-0.1, -0.05) is 30.3 Å². The summed E-state index contributed by atoms with van der Waals surface area (Å²) in [6, 6.07) is 12.2. The molecule has 2 aromatic rings. The van der Waals surface area contributed by atoms with E-state index in [-0.39, 0.29) is 0 Å². The lowest BCUT2D eigenvalue weighted by Crippen LogP contribution is -2.61. The zero-order valence-corrected chi connectivity index (χ0v) is 17.6. The Morgan fingerprint density at radius 1 is 1.10 bits per heavy atom. The van der Waals surface area contributed by atoms with E-state index in [0.29, 0.717) is 5.90 Å². The lowest BCUT2D eigenvalue weighted by molar-refractivity contribution is -0.262. The molecule has 5 atom stereocenters. The lowest BCUT2D eigenvalue weighted by atomic mass is 9.85. The van der Waals surface area contributed by atoms with E-state index >= 15 is 0 Å². The standard InChI is InChI=1S/C24H27NO6/c1-13-3-5-18(11-17(13)10-15-4-6-19-16(9-15)7-8-29-19)24-23(30-14(2)25-24)22(28)21(27)20(12-26)31-24/h3-6,9,11,20-23,26-28H,7-8,10,12H2,1-2H3/t20-,21-,22+,23?,24?/m1/s1. The Bertz CT molecular complexity index is 1040. The van der Waals surface area contributed by atoms with Crippen LogP contribution >= 0.6 is 0 Å². The largest absolute Gasteiger partial charge is 0.493 e. The third kappa shape index (κ3) is 3.32. The number of aliphatic hydroxyl groups excluding tert-OH is 3. The summed E-state index contributed by atoms with van der Waals surface area (Å²) in [5.41, 5.74) is 4.06. The highest BCUT2D eigenvalue weighted by Crippen LogP contribution is 2.45. The summed E-state index contributed by atoms with van der Waals surface area (Å²) in [6.07, 6.45) is -2.71. The fraction of sp³-hybridized carbons (Fsp3) is 0.458. The molecule has 3 aliphatic heterocycles. The molecule has 3 heterocycles. The molecule has 5 rings (SSSR count). The average Bonchev–Trinajstić information content (AvgIpc) is 3.36. The lowest BCUT2D eigenvalue weighted by Gasteiger charge is -2.44. The molecule has 31 heavy (non-hydrogen) atoms. The van der Waals surface area contributed by atoms with Gasteiger partial charge in [0, 0.05) is 18.9 Å². The van der Waals surface area contributed by atoms with E-state index in [1.807, 2.05) is 24.3 Å². The van der Waals surface area contributed by atoms with Gasteiger partial charge in [0.25, 0.3) is 0 Å². The number of aliphatic imine (C=N–C) groups is 1. The third-order valence-corrected chi connectivity index (χ3v) is 6.47. The monoisotopic (exact) mass is 425 g/mol. The number of rotatable bonds is 4. The fourth-order valence-corrected chi connectivity index (χ4v) is 4.78. The van der Waals surface area contributed by atoms with Crippen molar-refractivity contribution >= 4 is 5.90 Å². The minimum absolute atomic E-state index is 0.371. The minimum Gasteiger partial charge on any atom is -0.493 e. The molecular weight excluding hydrogens is 398 g/mol. The van der Waals surface area contributed by atoms with Crippen LogP contribution in [0.5, 0.6) is 5.75 Å². The van der Waals surface area contributed by atoms with Gasteiger partial charge in [0.1, 0.15) is 24.1 Å². The number of aliphatic hydroxyl groups is 3. The van der Waals surface area contributed by atoms with Crippen molar-refractivity contribution in [3.8, 4) is 5.75 Å². The van der Waals surface area contributed by atoms with Gasteiger partial charge in [-0.15, -0.1) is 0 Å². The van der Waals surface area contributed by atoms with Crippen molar-refractivity contribution in [3.63, 3.8) is 0 Å². The number of benzene rings is 2. The van der Waals surface area contributed by atoms with Crippen LogP contribution < -0.4 is 4.74 Å². The maximum absolute atomic E-state index is 10.7. The molecule has 0 amide bonds. The first kappa shape index (κ1) is 20.5. The van der Waals surface area contributed by atoms with Crippen LogP contribution in [-0.4, -0.2) is 58.8 Å². The van der Waals surface area contributed by atoms with E-state index in [2.05, 4.69) is 24.0 Å². The molecule has 0 saturated carbocycles. The topological polar surface area (TPSA) is 101 Å². The summed E-state index contributed by atoms with van der Waals surface area (Å²) in [7, 11) is 0. The van der Waals surface area contributed by atoms with Crippen LogP contribution in [0.15, 0.2) is 41.4 Å². The summed E-state index contributed by atoms with van der Waals surface area (Å²) in [5, 5.41) is 30.7. The van der Waals surface area contributed by atoms with Crippen LogP contribution in [0.3, 0.4) is 0 Å². The highest BCUT2D eigenvalue weighted by atomic mass is 16.6. The van der Waals surface area contributed by atoms with E-state index in [0.717, 1.165) is 41.9 Å². The highest BCUT2D eigenvalue weighted by molar-refractivity contribution is 5.76. The third-order valence-electron chi connectivity index (χ3n) is 6.47. The van der Waals surface area contributed by atoms with Crippen molar-refractivity contribution in [3.05, 3.63) is 64.2 Å². The first-order valence-corrected chi connectivity index (χ1v) is 10.6. The summed E-state index contributed by atoms with van der Waals surface area (Å²) < 4.78 is 17.5. The van der Waals surface area contributed by atoms with Gasteiger partial charge in [-0.3, -0.25) is 0 Å². The SMILES string of the molecule is CC1=NC2(c3ccc(C)c(Cc4ccc5c(c4)CCO5)c3)O[C@H](CO)[C@@H](O)[C@H](O)C2O1. The maximum atomic E-state index is 10.7. The Labute approximate surface area is 180 Å². The molecular formula is C24H27NO6. The van der Waals surface area contributed by atoms with Crippen LogP contribution in [0.25, 0.3) is 0 Å². The van der Waals surface area contributed by atoms with Gasteiger partial charge in [0.15, 0.2) is 12.0 Å². The number of hydrogen-bond acceptors (Lipinski definition) is 7. The molecule has 0 radical (unpaired) electrons. The van der Waals surface area contributed by atoms with Crippen molar-refractivity contribution in [2.24, 2.45) is 4.99 Å². The normalized spacial score (nSPS) is 31.5. The highest BCUT2D eigenvalue weighted by Gasteiger charge is 2.59. The Morgan fingerprint density at radius 3 is 2.74 bits per heavy atom. The Kier molecular flexibility index (Phi) is 5.01. The summed E-state index contributed by atoms with van der Waals surface area (Å²) in [6.45, 7) is 4.04. The van der Waals surface area contributed by atoms with Gasteiger partial charge >= 0.3 is 0 Å². The number of fused-ring (bicyclic) bond motifs is 2. The first-order valence-electron chi connectivity index (χ1n) is 10.6. The molecule has 0 bridgehead atoms. The van der Waals surface area contributed by atoms with Gasteiger partial charge in [0.05, 0.1) is 13.2 Å². The van der Waals surface area contributed by atoms with E-state index in [1.165, 1.54) is 11.1 Å². The number of hydrogen-bond donors (Lipinski definition) is 3. The van der Waals surface area contributed by atoms with Crippen molar-refractivity contribution in [1.29, 1.82) is 0 Å². The second-order valence-corrected chi connectivity index (χ2v) is 8.54. The Hall–Kier alpha value is -2.45. The minimum atomic E-state index is -1.32. The van der Waals surface area contributed by atoms with E-state index in [9.17, 15) is 15.3 Å². The molecule has 1 saturated heterocycles. The molecule has 1 fully saturated rings. The molecule has 2 aromatic carbocycles. The summed E-state index contributed by atoms with van der Waals surface area (Å²) in [5.74, 6) is 1.33. The van der Waals surface area contributed by atoms with Crippen LogP contribution in [0.4, 0.5) is 0 Å². The first-order chi connectivity index (χ1) is 14.9. The predicted octanol–water partition coefficient (Wildman–Crippen LogP) is 1.60. The molecule has 0 spiro atoms. The van der Waals surface area contributed by atoms with Gasteiger partial charge in [-0.2, -0.15) is 0 Å². The molecule has 7 heteroatoms. The zero-order valence-electron chi connectivity index (χ0n) is 17.6. The fourth-order valence-electron chi connectivity index (χ4n) is 4.78.